The average Bonchev–Trinajstić information content (AvgIpc) is 2.46. The van der Waals surface area contributed by atoms with Gasteiger partial charge in [-0.2, -0.15) is 0 Å². The molecule has 2 N–H and O–H groups in total. The third-order valence-electron chi connectivity index (χ3n) is 2.71. The van der Waals surface area contributed by atoms with Crippen LogP contribution in [0.5, 0.6) is 0 Å². The quantitative estimate of drug-likeness (QED) is 0.907. The summed E-state index contributed by atoms with van der Waals surface area (Å²) in [7, 11) is -2.25. The van der Waals surface area contributed by atoms with Gasteiger partial charge in [0, 0.05) is 23.3 Å². The Hall–Kier alpha value is -2.05. The van der Waals surface area contributed by atoms with Crippen molar-refractivity contribution in [1.82, 2.24) is 5.32 Å². The molecule has 0 aromatic heterocycles. The van der Waals surface area contributed by atoms with Gasteiger partial charge >= 0.3 is 0 Å². The first-order chi connectivity index (χ1) is 9.92. The van der Waals surface area contributed by atoms with E-state index in [1.807, 2.05) is 0 Å². The molecule has 0 radical (unpaired) electrons. The molecule has 7 heteroatoms. The molecular formula is C14H13ClN2O3S. The summed E-state index contributed by atoms with van der Waals surface area (Å²) in [6.07, 6.45) is 0. The number of halogens is 1. The Morgan fingerprint density at radius 1 is 1.10 bits per heavy atom. The molecule has 2 aromatic carbocycles. The van der Waals surface area contributed by atoms with Crippen molar-refractivity contribution in [2.24, 2.45) is 0 Å². The minimum atomic E-state index is -3.75. The van der Waals surface area contributed by atoms with Crippen molar-refractivity contribution in [3.63, 3.8) is 0 Å². The molecule has 0 saturated carbocycles. The van der Waals surface area contributed by atoms with Crippen LogP contribution in [0.3, 0.4) is 0 Å². The van der Waals surface area contributed by atoms with E-state index in [2.05, 4.69) is 10.0 Å². The minimum absolute atomic E-state index is 0.0559. The van der Waals surface area contributed by atoms with Crippen LogP contribution in [-0.4, -0.2) is 21.4 Å². The van der Waals surface area contributed by atoms with Crippen molar-refractivity contribution in [2.75, 3.05) is 11.8 Å². The molecule has 0 atom stereocenters. The molecule has 2 aromatic rings. The zero-order chi connectivity index (χ0) is 15.5. The van der Waals surface area contributed by atoms with Crippen LogP contribution in [-0.2, 0) is 10.0 Å². The predicted molar refractivity (Wildman–Crippen MR) is 82.1 cm³/mol. The molecule has 0 heterocycles. The zero-order valence-electron chi connectivity index (χ0n) is 11.1. The van der Waals surface area contributed by atoms with Crippen LogP contribution in [0.1, 0.15) is 10.4 Å². The largest absolute Gasteiger partial charge is 0.355 e. The first kappa shape index (κ1) is 15.3. The smallest absolute Gasteiger partial charge is 0.261 e. The number of carbonyl (C=O) groups excluding carboxylic acids is 1. The van der Waals surface area contributed by atoms with E-state index in [0.29, 0.717) is 16.3 Å². The van der Waals surface area contributed by atoms with Gasteiger partial charge < -0.3 is 5.32 Å². The van der Waals surface area contributed by atoms with E-state index in [9.17, 15) is 13.2 Å². The third kappa shape index (κ3) is 3.74. The lowest BCUT2D eigenvalue weighted by Gasteiger charge is -2.09. The van der Waals surface area contributed by atoms with Crippen LogP contribution in [0.15, 0.2) is 53.4 Å². The number of amides is 1. The fourth-order valence-electron chi connectivity index (χ4n) is 1.72. The molecule has 5 nitrogen and oxygen atoms in total. The van der Waals surface area contributed by atoms with Gasteiger partial charge in [-0.05, 0) is 36.4 Å². The number of rotatable bonds is 4. The summed E-state index contributed by atoms with van der Waals surface area (Å²) in [6.45, 7) is 0. The number of sulfonamides is 1. The number of hydrogen-bond donors (Lipinski definition) is 2. The van der Waals surface area contributed by atoms with Crippen LogP contribution >= 0.6 is 11.6 Å². The maximum atomic E-state index is 12.2. The summed E-state index contributed by atoms with van der Waals surface area (Å²) in [6, 6.07) is 12.2. The van der Waals surface area contributed by atoms with Gasteiger partial charge in [0.25, 0.3) is 15.9 Å². The molecule has 1 amide bonds. The SMILES string of the molecule is CNC(=O)c1cccc(NS(=O)(=O)c2cccc(Cl)c2)c1. The molecule has 0 bridgehead atoms. The first-order valence-corrected chi connectivity index (χ1v) is 7.89. The Balaban J connectivity index is 2.31. The van der Waals surface area contributed by atoms with Crippen LogP contribution in [0, 0.1) is 0 Å². The summed E-state index contributed by atoms with van der Waals surface area (Å²) in [4.78, 5) is 11.6. The van der Waals surface area contributed by atoms with Crippen molar-refractivity contribution in [3.05, 3.63) is 59.1 Å². The fourth-order valence-corrected chi connectivity index (χ4v) is 3.07. The van der Waals surface area contributed by atoms with Crippen molar-refractivity contribution >= 4 is 33.2 Å². The van der Waals surface area contributed by atoms with Gasteiger partial charge in [0.15, 0.2) is 0 Å². The summed E-state index contributed by atoms with van der Waals surface area (Å²) >= 11 is 5.79. The molecule has 0 aliphatic heterocycles. The molecule has 0 fully saturated rings. The van der Waals surface area contributed by atoms with E-state index in [1.54, 1.807) is 30.3 Å². The molecular weight excluding hydrogens is 312 g/mol. The summed E-state index contributed by atoms with van der Waals surface area (Å²) in [5, 5.41) is 2.81. The minimum Gasteiger partial charge on any atom is -0.355 e. The number of nitrogens with one attached hydrogen (secondary N) is 2. The van der Waals surface area contributed by atoms with E-state index in [0.717, 1.165) is 0 Å². The van der Waals surface area contributed by atoms with Gasteiger partial charge in [-0.1, -0.05) is 23.7 Å². The normalized spacial score (nSPS) is 11.0. The maximum absolute atomic E-state index is 12.2. The zero-order valence-corrected chi connectivity index (χ0v) is 12.7. The fraction of sp³-hybridized carbons (Fsp3) is 0.0714. The molecule has 2 rings (SSSR count). The summed E-state index contributed by atoms with van der Waals surface area (Å²) in [5.74, 6) is -0.293. The van der Waals surface area contributed by atoms with Gasteiger partial charge in [0.1, 0.15) is 0 Å². The summed E-state index contributed by atoms with van der Waals surface area (Å²) < 4.78 is 26.9. The second-order valence-corrected chi connectivity index (χ2v) is 6.34. The summed E-state index contributed by atoms with van der Waals surface area (Å²) in [5.41, 5.74) is 0.667. The topological polar surface area (TPSA) is 75.3 Å². The monoisotopic (exact) mass is 324 g/mol. The second-order valence-electron chi connectivity index (χ2n) is 4.22. The molecule has 0 aliphatic carbocycles. The average molecular weight is 325 g/mol. The highest BCUT2D eigenvalue weighted by molar-refractivity contribution is 7.92. The van der Waals surface area contributed by atoms with Gasteiger partial charge in [0.05, 0.1) is 4.90 Å². The van der Waals surface area contributed by atoms with E-state index >= 15 is 0 Å². The van der Waals surface area contributed by atoms with E-state index in [1.165, 1.54) is 25.2 Å². The molecule has 0 spiro atoms. The van der Waals surface area contributed by atoms with Crippen LogP contribution in [0.4, 0.5) is 5.69 Å². The lowest BCUT2D eigenvalue weighted by atomic mass is 10.2. The third-order valence-corrected chi connectivity index (χ3v) is 4.32. The highest BCUT2D eigenvalue weighted by Gasteiger charge is 2.15. The van der Waals surface area contributed by atoms with E-state index in [-0.39, 0.29) is 10.8 Å². The van der Waals surface area contributed by atoms with Gasteiger partial charge in [-0.25, -0.2) is 8.42 Å². The van der Waals surface area contributed by atoms with Crippen LogP contribution in [0.2, 0.25) is 5.02 Å². The second kappa shape index (κ2) is 6.15. The molecule has 0 aliphatic rings. The number of carbonyl (C=O) groups is 1. The Morgan fingerprint density at radius 2 is 1.81 bits per heavy atom. The molecule has 21 heavy (non-hydrogen) atoms. The first-order valence-electron chi connectivity index (χ1n) is 6.03. The maximum Gasteiger partial charge on any atom is 0.261 e. The number of anilines is 1. The van der Waals surface area contributed by atoms with Crippen molar-refractivity contribution in [1.29, 1.82) is 0 Å². The Kier molecular flexibility index (Phi) is 4.50. The van der Waals surface area contributed by atoms with E-state index in [4.69, 9.17) is 11.6 Å². The van der Waals surface area contributed by atoms with Crippen LogP contribution < -0.4 is 10.0 Å². The number of benzene rings is 2. The van der Waals surface area contributed by atoms with Crippen molar-refractivity contribution in [2.45, 2.75) is 4.90 Å². The molecule has 0 saturated heterocycles. The van der Waals surface area contributed by atoms with Crippen molar-refractivity contribution < 1.29 is 13.2 Å². The Bertz CT molecular complexity index is 775. The Labute approximate surface area is 128 Å². The lowest BCUT2D eigenvalue weighted by Crippen LogP contribution is -2.18. The van der Waals surface area contributed by atoms with Crippen LogP contribution in [0.25, 0.3) is 0 Å². The standard InChI is InChI=1S/C14H13ClN2O3S/c1-16-14(18)10-4-2-6-12(8-10)17-21(19,20)13-7-3-5-11(15)9-13/h2-9,17H,1H3,(H,16,18). The van der Waals surface area contributed by atoms with E-state index < -0.39 is 10.0 Å². The van der Waals surface area contributed by atoms with Gasteiger partial charge in [-0.15, -0.1) is 0 Å². The predicted octanol–water partition coefficient (Wildman–Crippen LogP) is 2.50. The molecule has 110 valence electrons. The molecule has 0 unspecified atom stereocenters. The Morgan fingerprint density at radius 3 is 2.48 bits per heavy atom. The van der Waals surface area contributed by atoms with Gasteiger partial charge in [-0.3, -0.25) is 9.52 Å². The number of hydrogen-bond acceptors (Lipinski definition) is 3. The highest BCUT2D eigenvalue weighted by atomic mass is 35.5. The van der Waals surface area contributed by atoms with Crippen molar-refractivity contribution in [3.8, 4) is 0 Å². The highest BCUT2D eigenvalue weighted by Crippen LogP contribution is 2.19. The lowest BCUT2D eigenvalue weighted by molar-refractivity contribution is 0.0963. The van der Waals surface area contributed by atoms with Gasteiger partial charge in [0.2, 0.25) is 0 Å².